The van der Waals surface area contributed by atoms with Crippen molar-refractivity contribution in [2.24, 2.45) is 0 Å². The second-order valence-corrected chi connectivity index (χ2v) is 3.44. The topological polar surface area (TPSA) is 67.4 Å². The second-order valence-electron chi connectivity index (χ2n) is 3.44. The van der Waals surface area contributed by atoms with Gasteiger partial charge in [-0.25, -0.2) is 4.79 Å². The van der Waals surface area contributed by atoms with Gasteiger partial charge in [0.2, 0.25) is 0 Å². The van der Waals surface area contributed by atoms with E-state index in [9.17, 15) is 22.8 Å². The predicted octanol–water partition coefficient (Wildman–Crippen LogP) is 1.54. The molecular formula is C11H11F3N2O3. The van der Waals surface area contributed by atoms with Gasteiger partial charge in [0.1, 0.15) is 5.75 Å². The molecule has 0 fully saturated rings. The molecule has 104 valence electrons. The fourth-order valence-electron chi connectivity index (χ4n) is 1.11. The van der Waals surface area contributed by atoms with Crippen molar-refractivity contribution in [3.63, 3.8) is 0 Å². The summed E-state index contributed by atoms with van der Waals surface area (Å²) in [6.07, 6.45) is -4.42. The Balaban J connectivity index is 2.51. The summed E-state index contributed by atoms with van der Waals surface area (Å²) in [6.45, 7) is -0.473. The summed E-state index contributed by atoms with van der Waals surface area (Å²) in [7, 11) is 1.33. The largest absolute Gasteiger partial charge is 0.484 e. The number of rotatable bonds is 3. The standard InChI is InChI=1S/C11H11F3N2O3/c1-15-10(18)16-9(17)6-19-8-4-2-7(3-5-8)11(12,13)14/h2-5H,6H2,1H3,(H2,15,16,17,18). The highest BCUT2D eigenvalue weighted by Gasteiger charge is 2.30. The highest BCUT2D eigenvalue weighted by molar-refractivity contribution is 5.94. The Morgan fingerprint density at radius 2 is 1.79 bits per heavy atom. The second kappa shape index (κ2) is 6.07. The molecule has 5 nitrogen and oxygen atoms in total. The van der Waals surface area contributed by atoms with Crippen LogP contribution in [0.25, 0.3) is 0 Å². The van der Waals surface area contributed by atoms with E-state index in [4.69, 9.17) is 4.74 Å². The van der Waals surface area contributed by atoms with Crippen molar-refractivity contribution in [1.82, 2.24) is 10.6 Å². The molecule has 0 saturated carbocycles. The van der Waals surface area contributed by atoms with Gasteiger partial charge < -0.3 is 10.1 Å². The summed E-state index contributed by atoms with van der Waals surface area (Å²) < 4.78 is 41.7. The zero-order valence-electron chi connectivity index (χ0n) is 9.88. The van der Waals surface area contributed by atoms with Crippen molar-refractivity contribution in [3.8, 4) is 5.75 Å². The lowest BCUT2D eigenvalue weighted by molar-refractivity contribution is -0.137. The number of alkyl halides is 3. The summed E-state index contributed by atoms with van der Waals surface area (Å²) in [6, 6.07) is 3.17. The normalized spacial score (nSPS) is 10.7. The number of halogens is 3. The number of carbonyl (C=O) groups is 2. The molecule has 0 aliphatic heterocycles. The first kappa shape index (κ1) is 14.8. The minimum atomic E-state index is -4.42. The van der Waals surface area contributed by atoms with Gasteiger partial charge in [-0.2, -0.15) is 13.2 Å². The summed E-state index contributed by atoms with van der Waals surface area (Å²) >= 11 is 0. The molecule has 0 aliphatic carbocycles. The number of amides is 3. The van der Waals surface area contributed by atoms with Crippen LogP contribution in [0.5, 0.6) is 5.75 Å². The van der Waals surface area contributed by atoms with E-state index in [1.165, 1.54) is 7.05 Å². The van der Waals surface area contributed by atoms with E-state index in [-0.39, 0.29) is 5.75 Å². The van der Waals surface area contributed by atoms with E-state index in [1.54, 1.807) is 0 Å². The van der Waals surface area contributed by atoms with Gasteiger partial charge in [-0.3, -0.25) is 10.1 Å². The minimum absolute atomic E-state index is 0.0973. The molecule has 0 aromatic heterocycles. The molecule has 0 heterocycles. The summed E-state index contributed by atoms with van der Waals surface area (Å²) in [4.78, 5) is 21.9. The van der Waals surface area contributed by atoms with Crippen LogP contribution in [0.15, 0.2) is 24.3 Å². The third-order valence-corrected chi connectivity index (χ3v) is 2.03. The molecule has 1 rings (SSSR count). The van der Waals surface area contributed by atoms with Gasteiger partial charge >= 0.3 is 12.2 Å². The highest BCUT2D eigenvalue weighted by Crippen LogP contribution is 2.30. The predicted molar refractivity (Wildman–Crippen MR) is 59.5 cm³/mol. The van der Waals surface area contributed by atoms with Crippen LogP contribution in [0.2, 0.25) is 0 Å². The molecular weight excluding hydrogens is 265 g/mol. The first-order chi connectivity index (χ1) is 8.82. The van der Waals surface area contributed by atoms with Crippen LogP contribution >= 0.6 is 0 Å². The van der Waals surface area contributed by atoms with E-state index < -0.39 is 30.3 Å². The number of imide groups is 1. The molecule has 1 aromatic rings. The lowest BCUT2D eigenvalue weighted by Crippen LogP contribution is -2.39. The maximum Gasteiger partial charge on any atom is 0.416 e. The van der Waals surface area contributed by atoms with E-state index >= 15 is 0 Å². The lowest BCUT2D eigenvalue weighted by atomic mass is 10.2. The molecule has 0 atom stereocenters. The SMILES string of the molecule is CNC(=O)NC(=O)COc1ccc(C(F)(F)F)cc1. The van der Waals surface area contributed by atoms with Gasteiger partial charge in [0.15, 0.2) is 6.61 Å². The van der Waals surface area contributed by atoms with Crippen LogP contribution in [0.3, 0.4) is 0 Å². The van der Waals surface area contributed by atoms with Crippen molar-refractivity contribution in [2.45, 2.75) is 6.18 Å². The van der Waals surface area contributed by atoms with Crippen LogP contribution in [-0.4, -0.2) is 25.6 Å². The van der Waals surface area contributed by atoms with E-state index in [0.717, 1.165) is 24.3 Å². The van der Waals surface area contributed by atoms with E-state index in [1.807, 2.05) is 5.32 Å². The van der Waals surface area contributed by atoms with Gasteiger partial charge in [0, 0.05) is 7.05 Å². The van der Waals surface area contributed by atoms with E-state index in [0.29, 0.717) is 0 Å². The third kappa shape index (κ3) is 4.86. The first-order valence-electron chi connectivity index (χ1n) is 5.14. The van der Waals surface area contributed by atoms with Crippen molar-refractivity contribution in [3.05, 3.63) is 29.8 Å². The van der Waals surface area contributed by atoms with Crippen LogP contribution in [0.4, 0.5) is 18.0 Å². The summed E-state index contributed by atoms with van der Waals surface area (Å²) in [5.74, 6) is -0.612. The Morgan fingerprint density at radius 1 is 1.21 bits per heavy atom. The molecule has 0 saturated heterocycles. The Morgan fingerprint density at radius 3 is 2.26 bits per heavy atom. The van der Waals surface area contributed by atoms with Gasteiger partial charge in [0.05, 0.1) is 5.56 Å². The van der Waals surface area contributed by atoms with Gasteiger partial charge in [0.25, 0.3) is 5.91 Å². The van der Waals surface area contributed by atoms with Crippen molar-refractivity contribution < 1.29 is 27.5 Å². The number of ether oxygens (including phenoxy) is 1. The average Bonchev–Trinajstić information content (AvgIpc) is 2.35. The molecule has 8 heteroatoms. The number of hydrogen-bond donors (Lipinski definition) is 2. The zero-order chi connectivity index (χ0) is 14.5. The van der Waals surface area contributed by atoms with E-state index in [2.05, 4.69) is 5.32 Å². The molecule has 0 aliphatic rings. The zero-order valence-corrected chi connectivity index (χ0v) is 9.88. The Hall–Kier alpha value is -2.25. The van der Waals surface area contributed by atoms with Crippen molar-refractivity contribution >= 4 is 11.9 Å². The molecule has 1 aromatic carbocycles. The molecule has 2 N–H and O–H groups in total. The number of nitrogens with one attached hydrogen (secondary N) is 2. The molecule has 0 spiro atoms. The Bertz CT molecular complexity index is 457. The highest BCUT2D eigenvalue weighted by atomic mass is 19.4. The van der Waals surface area contributed by atoms with Crippen LogP contribution in [0, 0.1) is 0 Å². The Labute approximate surface area is 106 Å². The van der Waals surface area contributed by atoms with Crippen molar-refractivity contribution in [2.75, 3.05) is 13.7 Å². The molecule has 3 amide bonds. The molecule has 19 heavy (non-hydrogen) atoms. The van der Waals surface area contributed by atoms with Gasteiger partial charge in [-0.15, -0.1) is 0 Å². The first-order valence-corrected chi connectivity index (χ1v) is 5.14. The number of hydrogen-bond acceptors (Lipinski definition) is 3. The lowest BCUT2D eigenvalue weighted by Gasteiger charge is -2.09. The number of benzene rings is 1. The van der Waals surface area contributed by atoms with Gasteiger partial charge in [-0.1, -0.05) is 0 Å². The van der Waals surface area contributed by atoms with Crippen LogP contribution in [-0.2, 0) is 11.0 Å². The summed E-state index contributed by atoms with van der Waals surface area (Å²) in [5.41, 5.74) is -0.810. The quantitative estimate of drug-likeness (QED) is 0.880. The monoisotopic (exact) mass is 276 g/mol. The fourth-order valence-corrected chi connectivity index (χ4v) is 1.11. The number of urea groups is 1. The maximum atomic E-state index is 12.3. The third-order valence-electron chi connectivity index (χ3n) is 2.03. The number of carbonyl (C=O) groups excluding carboxylic acids is 2. The van der Waals surface area contributed by atoms with Crippen LogP contribution in [0.1, 0.15) is 5.56 Å². The Kier molecular flexibility index (Phi) is 4.74. The molecule has 0 bridgehead atoms. The van der Waals surface area contributed by atoms with Crippen molar-refractivity contribution in [1.29, 1.82) is 0 Å². The average molecular weight is 276 g/mol. The smallest absolute Gasteiger partial charge is 0.416 e. The molecule has 0 radical (unpaired) electrons. The van der Waals surface area contributed by atoms with Gasteiger partial charge in [-0.05, 0) is 24.3 Å². The maximum absolute atomic E-state index is 12.3. The molecule has 0 unspecified atom stereocenters. The fraction of sp³-hybridized carbons (Fsp3) is 0.273. The summed E-state index contributed by atoms with van der Waals surface area (Å²) in [5, 5.41) is 4.11. The minimum Gasteiger partial charge on any atom is -0.484 e. The van der Waals surface area contributed by atoms with Crippen LogP contribution < -0.4 is 15.4 Å².